The van der Waals surface area contributed by atoms with Crippen LogP contribution in [0, 0.1) is 0 Å². The van der Waals surface area contributed by atoms with Crippen molar-refractivity contribution in [3.8, 4) is 11.1 Å². The van der Waals surface area contributed by atoms with Gasteiger partial charge in [0, 0.05) is 38.1 Å². The number of aliphatic carboxylic acids is 2. The van der Waals surface area contributed by atoms with Gasteiger partial charge in [0.05, 0.1) is 12.1 Å². The molecule has 2 aliphatic rings. The Kier molecular flexibility index (Phi) is 12.6. The quantitative estimate of drug-likeness (QED) is 0.165. The van der Waals surface area contributed by atoms with Gasteiger partial charge >= 0.3 is 17.1 Å². The second-order valence-electron chi connectivity index (χ2n) is 13.9. The van der Waals surface area contributed by atoms with Crippen molar-refractivity contribution in [3.63, 3.8) is 0 Å². The van der Waals surface area contributed by atoms with Gasteiger partial charge in [-0.25, -0.2) is 0 Å². The Balaban J connectivity index is 0.000000524. The van der Waals surface area contributed by atoms with Crippen LogP contribution in [0.3, 0.4) is 0 Å². The van der Waals surface area contributed by atoms with E-state index in [0.717, 1.165) is 40.0 Å². The van der Waals surface area contributed by atoms with Gasteiger partial charge in [-0.1, -0.05) is 158 Å². The molecule has 2 atom stereocenters. The van der Waals surface area contributed by atoms with Crippen LogP contribution in [-0.4, -0.2) is 21.7 Å². The van der Waals surface area contributed by atoms with E-state index < -0.39 is 11.9 Å². The van der Waals surface area contributed by atoms with Gasteiger partial charge in [0.15, 0.2) is 0 Å². The first-order valence-corrected chi connectivity index (χ1v) is 18.3. The number of fused-ring (bicyclic) bond motifs is 8. The summed E-state index contributed by atoms with van der Waals surface area (Å²) >= 11 is 0. The number of hydrogen-bond acceptors (Lipinski definition) is 6. The predicted molar refractivity (Wildman–Crippen MR) is 212 cm³/mol. The standard InChI is InChI=1S/C44H36N2.2C2H4O2.Cu/c1-3-15-33(16-4-1)43(45-27-35-19-7-8-20-36(35)28-45)44(34-17-5-2-6-18-34)46-29-37-25-23-31-13-9-11-21-39(31)41(37)42-38(30-46)26-24-32-14-10-12-22-40(32)42;2*1-2(3)4;/h1-26,43-44H,27-30H2;2*1H3,(H,3,4);/q;;;+2/p-2/t43-,44-;;;/m1.../s1. The Bertz CT molecular complexity index is 2290. The number of rotatable bonds is 5. The van der Waals surface area contributed by atoms with Gasteiger partial charge in [-0.15, -0.1) is 0 Å². The van der Waals surface area contributed by atoms with Gasteiger partial charge < -0.3 is 19.8 Å². The molecule has 0 fully saturated rings. The molecular weight excluding hydrogens is 732 g/mol. The molecule has 0 unspecified atom stereocenters. The van der Waals surface area contributed by atoms with E-state index >= 15 is 0 Å². The van der Waals surface area contributed by atoms with Gasteiger partial charge in [-0.05, 0) is 79.9 Å². The third kappa shape index (κ3) is 8.72. The average molecular weight is 774 g/mol. The Labute approximate surface area is 333 Å². The van der Waals surface area contributed by atoms with Crippen LogP contribution >= 0.6 is 0 Å². The van der Waals surface area contributed by atoms with Crippen LogP contribution in [0.5, 0.6) is 0 Å². The SMILES string of the molecule is CC(=O)[O-].CC(=O)[O-].[Cu+2].c1ccc([C@H]([C@@H](c2ccccc2)N2Cc3ccc4ccccc4c3-c3c(ccc4ccccc34)C2)N2Cc3ccccc3C2)cc1. The van der Waals surface area contributed by atoms with E-state index in [1.54, 1.807) is 0 Å². The van der Waals surface area contributed by atoms with Crippen molar-refractivity contribution >= 4 is 33.5 Å². The maximum Gasteiger partial charge on any atom is 2.00 e. The number of nitrogens with zero attached hydrogens (tertiary/aromatic N) is 2. The largest absolute Gasteiger partial charge is 2.00 e. The van der Waals surface area contributed by atoms with Gasteiger partial charge in [0.1, 0.15) is 0 Å². The Morgan fingerprint density at radius 2 is 0.745 bits per heavy atom. The number of carbonyl (C=O) groups excluding carboxylic acids is 2. The Morgan fingerprint density at radius 3 is 1.13 bits per heavy atom. The van der Waals surface area contributed by atoms with E-state index in [9.17, 15) is 0 Å². The fraction of sp³-hybridized carbons (Fsp3) is 0.167. The number of carboxylic acid groups (broad SMARTS) is 2. The maximum absolute atomic E-state index is 8.89. The molecule has 0 saturated carbocycles. The third-order valence-electron chi connectivity index (χ3n) is 10.3. The molecule has 55 heavy (non-hydrogen) atoms. The third-order valence-corrected chi connectivity index (χ3v) is 10.3. The van der Waals surface area contributed by atoms with Gasteiger partial charge in [-0.2, -0.15) is 0 Å². The van der Waals surface area contributed by atoms with Crippen molar-refractivity contribution in [1.82, 2.24) is 9.80 Å². The molecule has 0 amide bonds. The van der Waals surface area contributed by atoms with E-state index in [-0.39, 0.29) is 29.2 Å². The summed E-state index contributed by atoms with van der Waals surface area (Å²) in [5, 5.41) is 23.0. The molecular formula is C48H42CuN2O4. The molecule has 0 saturated heterocycles. The summed E-state index contributed by atoms with van der Waals surface area (Å²) < 4.78 is 0. The minimum absolute atomic E-state index is 0. The van der Waals surface area contributed by atoms with Crippen LogP contribution in [0.1, 0.15) is 59.3 Å². The molecule has 0 bridgehead atoms. The molecule has 1 radical (unpaired) electrons. The molecule has 7 aromatic rings. The molecule has 2 heterocycles. The van der Waals surface area contributed by atoms with Gasteiger partial charge in [0.2, 0.25) is 0 Å². The van der Waals surface area contributed by atoms with Crippen molar-refractivity contribution in [2.75, 3.05) is 0 Å². The Hall–Kier alpha value is -5.56. The van der Waals surface area contributed by atoms with E-state index in [1.165, 1.54) is 66.1 Å². The first kappa shape index (κ1) is 39.1. The van der Waals surface area contributed by atoms with Crippen molar-refractivity contribution in [3.05, 3.63) is 191 Å². The van der Waals surface area contributed by atoms with E-state index in [1.807, 2.05) is 0 Å². The zero-order valence-electron chi connectivity index (χ0n) is 30.8. The van der Waals surface area contributed by atoms with Gasteiger partial charge in [-0.3, -0.25) is 9.80 Å². The van der Waals surface area contributed by atoms with Gasteiger partial charge in [0.25, 0.3) is 0 Å². The zero-order valence-corrected chi connectivity index (χ0v) is 31.8. The maximum atomic E-state index is 8.89. The summed E-state index contributed by atoms with van der Waals surface area (Å²) in [6, 6.07) is 59.1. The molecule has 6 nitrogen and oxygen atoms in total. The van der Waals surface area contributed by atoms with Crippen LogP contribution in [0.4, 0.5) is 0 Å². The first-order chi connectivity index (χ1) is 26.3. The summed E-state index contributed by atoms with van der Waals surface area (Å²) in [6.07, 6.45) is 0. The molecule has 7 heteroatoms. The molecule has 0 aromatic heterocycles. The van der Waals surface area contributed by atoms with Crippen LogP contribution in [0.2, 0.25) is 0 Å². The average Bonchev–Trinajstić information content (AvgIpc) is 3.52. The number of hydrogen-bond donors (Lipinski definition) is 0. The summed E-state index contributed by atoms with van der Waals surface area (Å²) in [7, 11) is 0. The minimum atomic E-state index is -1.08. The van der Waals surface area contributed by atoms with Crippen molar-refractivity contribution in [2.24, 2.45) is 0 Å². The van der Waals surface area contributed by atoms with E-state index in [2.05, 4.69) is 168 Å². The number of carboxylic acids is 2. The second-order valence-corrected chi connectivity index (χ2v) is 13.9. The number of carbonyl (C=O) groups is 2. The van der Waals surface area contributed by atoms with E-state index in [0.29, 0.717) is 0 Å². The van der Waals surface area contributed by atoms with Crippen LogP contribution in [0.15, 0.2) is 158 Å². The molecule has 0 aliphatic carbocycles. The smallest absolute Gasteiger partial charge is 0.550 e. The number of benzene rings is 7. The summed E-state index contributed by atoms with van der Waals surface area (Å²) in [5.74, 6) is -2.17. The normalized spacial score (nSPS) is 14.3. The first-order valence-electron chi connectivity index (χ1n) is 18.3. The van der Waals surface area contributed by atoms with Crippen LogP contribution < -0.4 is 10.2 Å². The van der Waals surface area contributed by atoms with Crippen molar-refractivity contribution < 1.29 is 36.9 Å². The minimum Gasteiger partial charge on any atom is -0.550 e. The Morgan fingerprint density at radius 1 is 0.436 bits per heavy atom. The fourth-order valence-electron chi connectivity index (χ4n) is 8.22. The summed E-state index contributed by atoms with van der Waals surface area (Å²) in [5.41, 5.74) is 11.2. The topological polar surface area (TPSA) is 86.7 Å². The van der Waals surface area contributed by atoms with Crippen molar-refractivity contribution in [1.29, 1.82) is 0 Å². The predicted octanol–water partition coefficient (Wildman–Crippen LogP) is 7.98. The second kappa shape index (κ2) is 17.7. The molecule has 0 N–H and O–H groups in total. The molecule has 2 aliphatic heterocycles. The van der Waals surface area contributed by atoms with Crippen molar-refractivity contribution in [2.45, 2.75) is 52.1 Å². The fourth-order valence-corrected chi connectivity index (χ4v) is 8.22. The monoisotopic (exact) mass is 773 g/mol. The van der Waals surface area contributed by atoms with Crippen LogP contribution in [0.25, 0.3) is 32.7 Å². The van der Waals surface area contributed by atoms with Crippen LogP contribution in [-0.2, 0) is 52.8 Å². The molecule has 9 rings (SSSR count). The summed E-state index contributed by atoms with van der Waals surface area (Å²) in [6.45, 7) is 5.59. The summed E-state index contributed by atoms with van der Waals surface area (Å²) in [4.78, 5) is 23.3. The molecule has 0 spiro atoms. The zero-order chi connectivity index (χ0) is 37.6. The molecule has 7 aromatic carbocycles. The van der Waals surface area contributed by atoms with E-state index in [4.69, 9.17) is 19.8 Å². The molecule has 279 valence electrons.